The Morgan fingerprint density at radius 2 is 1.62 bits per heavy atom. The molecule has 112 valence electrons. The van der Waals surface area contributed by atoms with Crippen molar-refractivity contribution in [3.8, 4) is 17.8 Å². The molecular weight excluding hydrogens is 314 g/mol. The molecule has 0 unspecified atom stereocenters. The zero-order chi connectivity index (χ0) is 16.5. The monoisotopic (exact) mass is 325 g/mol. The minimum atomic E-state index is 0.120. The van der Waals surface area contributed by atoms with Crippen molar-refractivity contribution in [3.63, 3.8) is 0 Å². The van der Waals surface area contributed by atoms with Crippen LogP contribution in [-0.2, 0) is 0 Å². The minimum Gasteiger partial charge on any atom is -0.301 e. The molecule has 0 atom stereocenters. The molecule has 0 bridgehead atoms. The number of nitriles is 2. The molecule has 2 heterocycles. The Morgan fingerprint density at radius 3 is 2.38 bits per heavy atom. The molecule has 0 N–H and O–H groups in total. The van der Waals surface area contributed by atoms with Crippen LogP contribution in [0.1, 0.15) is 4.88 Å². The molecule has 0 amide bonds. The quantitative estimate of drug-likeness (QED) is 0.471. The number of allylic oxidation sites excluding steroid dienone is 1. The maximum atomic E-state index is 8.98. The Balaban J connectivity index is 2.06. The normalized spacial score (nSPS) is 10.4. The smallest absolute Gasteiger partial charge is 0.131 e. The molecule has 2 aromatic heterocycles. The molecule has 0 aliphatic rings. The number of nitrogens with zero attached hydrogens (tertiary/aromatic N) is 3. The second-order valence-corrected chi connectivity index (χ2v) is 6.40. The summed E-state index contributed by atoms with van der Waals surface area (Å²) in [6.45, 7) is 0. The first-order valence-corrected chi connectivity index (χ1v) is 8.24. The summed E-state index contributed by atoms with van der Waals surface area (Å²) in [6.07, 6.45) is 1.65. The lowest BCUT2D eigenvalue weighted by Crippen LogP contribution is -1.91. The van der Waals surface area contributed by atoms with Crippen molar-refractivity contribution >= 4 is 38.5 Å². The summed E-state index contributed by atoms with van der Waals surface area (Å²) < 4.78 is 2.23. The first-order chi connectivity index (χ1) is 11.8. The van der Waals surface area contributed by atoms with E-state index in [1.807, 2.05) is 42.5 Å². The standard InChI is InChI=1S/C20H11N3S/c21-12-14(13-22)10-16-11-18-17-8-4-5-9-19(17)23(20(18)24-16)15-6-2-1-3-7-15/h1-11H. The van der Waals surface area contributed by atoms with Crippen LogP contribution in [0.3, 0.4) is 0 Å². The van der Waals surface area contributed by atoms with Crippen LogP contribution in [-0.4, -0.2) is 4.57 Å². The van der Waals surface area contributed by atoms with Crippen molar-refractivity contribution in [3.05, 3.63) is 71.1 Å². The van der Waals surface area contributed by atoms with Crippen LogP contribution in [0.4, 0.5) is 0 Å². The van der Waals surface area contributed by atoms with E-state index in [9.17, 15) is 0 Å². The summed E-state index contributed by atoms with van der Waals surface area (Å²) >= 11 is 1.59. The highest BCUT2D eigenvalue weighted by Gasteiger charge is 2.14. The SMILES string of the molecule is N#CC(C#N)=Cc1cc2c3ccccc3n(-c3ccccc3)c2s1. The Hall–Kier alpha value is -3.34. The molecular formula is C20H11N3S. The molecule has 3 nitrogen and oxygen atoms in total. The van der Waals surface area contributed by atoms with Gasteiger partial charge in [-0.05, 0) is 30.3 Å². The molecule has 0 fully saturated rings. The topological polar surface area (TPSA) is 52.5 Å². The van der Waals surface area contributed by atoms with E-state index in [0.29, 0.717) is 0 Å². The molecule has 4 rings (SSSR count). The van der Waals surface area contributed by atoms with Gasteiger partial charge in [-0.2, -0.15) is 10.5 Å². The van der Waals surface area contributed by atoms with Crippen LogP contribution < -0.4 is 0 Å². The van der Waals surface area contributed by atoms with Crippen molar-refractivity contribution < 1.29 is 0 Å². The Bertz CT molecular complexity index is 1150. The number of aromatic nitrogens is 1. The van der Waals surface area contributed by atoms with Crippen LogP contribution in [0.5, 0.6) is 0 Å². The van der Waals surface area contributed by atoms with Gasteiger partial charge in [0.25, 0.3) is 0 Å². The number of rotatable bonds is 2. The summed E-state index contributed by atoms with van der Waals surface area (Å²) in [5.41, 5.74) is 2.37. The lowest BCUT2D eigenvalue weighted by molar-refractivity contribution is 1.19. The lowest BCUT2D eigenvalue weighted by atomic mass is 10.2. The zero-order valence-electron chi connectivity index (χ0n) is 12.6. The number of hydrogen-bond donors (Lipinski definition) is 0. The molecule has 4 aromatic rings. The molecule has 0 radical (unpaired) electrons. The van der Waals surface area contributed by atoms with Gasteiger partial charge in [0, 0.05) is 21.3 Å². The number of benzene rings is 2. The van der Waals surface area contributed by atoms with Crippen molar-refractivity contribution in [1.82, 2.24) is 4.57 Å². The van der Waals surface area contributed by atoms with Crippen molar-refractivity contribution in [2.24, 2.45) is 0 Å². The predicted octanol–water partition coefficient (Wildman–Crippen LogP) is 5.28. The van der Waals surface area contributed by atoms with Crippen LogP contribution in [0.25, 0.3) is 32.9 Å². The van der Waals surface area contributed by atoms with E-state index in [1.165, 1.54) is 5.39 Å². The third-order valence-corrected chi connectivity index (χ3v) is 4.98. The maximum Gasteiger partial charge on any atom is 0.131 e. The average Bonchev–Trinajstić information content (AvgIpc) is 3.16. The van der Waals surface area contributed by atoms with Crippen LogP contribution in [0.15, 0.2) is 66.2 Å². The predicted molar refractivity (Wildman–Crippen MR) is 97.9 cm³/mol. The number of para-hydroxylation sites is 2. The lowest BCUT2D eigenvalue weighted by Gasteiger charge is -2.05. The van der Waals surface area contributed by atoms with Crippen molar-refractivity contribution in [2.45, 2.75) is 0 Å². The van der Waals surface area contributed by atoms with E-state index in [1.54, 1.807) is 17.4 Å². The second-order valence-electron chi connectivity index (χ2n) is 5.34. The molecule has 0 aliphatic carbocycles. The highest BCUT2D eigenvalue weighted by Crippen LogP contribution is 2.37. The van der Waals surface area contributed by atoms with Gasteiger partial charge in [-0.1, -0.05) is 36.4 Å². The fourth-order valence-electron chi connectivity index (χ4n) is 2.90. The molecule has 4 heteroatoms. The van der Waals surface area contributed by atoms with Crippen LogP contribution in [0, 0.1) is 22.7 Å². The third kappa shape index (κ3) is 2.18. The number of hydrogen-bond acceptors (Lipinski definition) is 3. The molecule has 0 aliphatic heterocycles. The Labute approximate surface area is 142 Å². The van der Waals surface area contributed by atoms with E-state index in [4.69, 9.17) is 10.5 Å². The van der Waals surface area contributed by atoms with E-state index >= 15 is 0 Å². The summed E-state index contributed by atoms with van der Waals surface area (Å²) in [5, 5.41) is 20.3. The van der Waals surface area contributed by atoms with E-state index in [-0.39, 0.29) is 5.57 Å². The van der Waals surface area contributed by atoms with Gasteiger partial charge in [0.2, 0.25) is 0 Å². The van der Waals surface area contributed by atoms with Gasteiger partial charge in [-0.3, -0.25) is 0 Å². The summed E-state index contributed by atoms with van der Waals surface area (Å²) in [4.78, 5) is 2.03. The van der Waals surface area contributed by atoms with Gasteiger partial charge >= 0.3 is 0 Å². The first kappa shape index (κ1) is 14.3. The highest BCUT2D eigenvalue weighted by molar-refractivity contribution is 7.19. The number of fused-ring (bicyclic) bond motifs is 3. The van der Waals surface area contributed by atoms with Gasteiger partial charge in [0.15, 0.2) is 0 Å². The van der Waals surface area contributed by atoms with Crippen LogP contribution >= 0.6 is 11.3 Å². The summed E-state index contributed by atoms with van der Waals surface area (Å²) in [7, 11) is 0. The summed E-state index contributed by atoms with van der Waals surface area (Å²) in [5.74, 6) is 0. The van der Waals surface area contributed by atoms with Gasteiger partial charge in [0.05, 0.1) is 5.52 Å². The van der Waals surface area contributed by atoms with E-state index in [0.717, 1.165) is 26.3 Å². The second kappa shape index (κ2) is 5.70. The van der Waals surface area contributed by atoms with Gasteiger partial charge in [0.1, 0.15) is 22.5 Å². The molecule has 0 spiro atoms. The van der Waals surface area contributed by atoms with Gasteiger partial charge in [-0.15, -0.1) is 11.3 Å². The van der Waals surface area contributed by atoms with E-state index < -0.39 is 0 Å². The van der Waals surface area contributed by atoms with E-state index in [2.05, 4.69) is 34.9 Å². The van der Waals surface area contributed by atoms with Gasteiger partial charge < -0.3 is 4.57 Å². The minimum absolute atomic E-state index is 0.120. The molecule has 0 saturated heterocycles. The highest BCUT2D eigenvalue weighted by atomic mass is 32.1. The molecule has 24 heavy (non-hydrogen) atoms. The van der Waals surface area contributed by atoms with Crippen LogP contribution in [0.2, 0.25) is 0 Å². The fourth-order valence-corrected chi connectivity index (χ4v) is 4.05. The van der Waals surface area contributed by atoms with Crippen molar-refractivity contribution in [1.29, 1.82) is 10.5 Å². The third-order valence-electron chi connectivity index (χ3n) is 3.91. The Kier molecular flexibility index (Phi) is 3.39. The summed E-state index contributed by atoms with van der Waals surface area (Å²) in [6, 6.07) is 24.4. The van der Waals surface area contributed by atoms with Gasteiger partial charge in [-0.25, -0.2) is 0 Å². The largest absolute Gasteiger partial charge is 0.301 e. The average molecular weight is 325 g/mol. The zero-order valence-corrected chi connectivity index (χ0v) is 13.4. The number of thiophene rings is 1. The Morgan fingerprint density at radius 1 is 0.917 bits per heavy atom. The first-order valence-electron chi connectivity index (χ1n) is 7.42. The molecule has 0 saturated carbocycles. The fraction of sp³-hybridized carbons (Fsp3) is 0. The molecule has 2 aromatic carbocycles. The maximum absolute atomic E-state index is 8.98. The van der Waals surface area contributed by atoms with Crippen molar-refractivity contribution in [2.75, 3.05) is 0 Å².